The Morgan fingerprint density at radius 1 is 0.833 bits per heavy atom. The molecular formula is C15H12F2O. The normalized spacial score (nSPS) is 10.8. The molecule has 0 unspecified atom stereocenters. The van der Waals surface area contributed by atoms with E-state index in [1.807, 2.05) is 24.3 Å². The van der Waals surface area contributed by atoms with Crippen LogP contribution < -0.4 is 4.74 Å². The molecule has 0 spiro atoms. The summed E-state index contributed by atoms with van der Waals surface area (Å²) in [7, 11) is 1.60. The molecule has 0 amide bonds. The van der Waals surface area contributed by atoms with Crippen LogP contribution in [0.4, 0.5) is 8.78 Å². The van der Waals surface area contributed by atoms with Gasteiger partial charge in [-0.2, -0.15) is 0 Å². The topological polar surface area (TPSA) is 9.23 Å². The van der Waals surface area contributed by atoms with Gasteiger partial charge in [-0.25, -0.2) is 8.78 Å². The van der Waals surface area contributed by atoms with Gasteiger partial charge in [-0.3, -0.25) is 0 Å². The van der Waals surface area contributed by atoms with Crippen molar-refractivity contribution >= 4 is 12.2 Å². The summed E-state index contributed by atoms with van der Waals surface area (Å²) in [6.45, 7) is 0. The van der Waals surface area contributed by atoms with Crippen molar-refractivity contribution in [3.8, 4) is 5.75 Å². The first-order valence-electron chi connectivity index (χ1n) is 5.45. The minimum atomic E-state index is -0.579. The molecule has 0 atom stereocenters. The predicted octanol–water partition coefficient (Wildman–Crippen LogP) is 4.14. The number of benzene rings is 2. The number of rotatable bonds is 3. The summed E-state index contributed by atoms with van der Waals surface area (Å²) < 4.78 is 31.0. The largest absolute Gasteiger partial charge is 0.497 e. The average molecular weight is 246 g/mol. The maximum Gasteiger partial charge on any atom is 0.126 e. The molecule has 92 valence electrons. The van der Waals surface area contributed by atoms with Gasteiger partial charge in [0.15, 0.2) is 0 Å². The molecule has 0 aliphatic heterocycles. The molecular weight excluding hydrogens is 234 g/mol. The molecule has 18 heavy (non-hydrogen) atoms. The van der Waals surface area contributed by atoms with Gasteiger partial charge in [0.25, 0.3) is 0 Å². The van der Waals surface area contributed by atoms with Gasteiger partial charge in [0.05, 0.1) is 7.11 Å². The predicted molar refractivity (Wildman–Crippen MR) is 68.3 cm³/mol. The lowest BCUT2D eigenvalue weighted by Crippen LogP contribution is -1.82. The minimum Gasteiger partial charge on any atom is -0.497 e. The zero-order valence-electron chi connectivity index (χ0n) is 9.86. The van der Waals surface area contributed by atoms with Crippen LogP contribution in [0, 0.1) is 11.6 Å². The van der Waals surface area contributed by atoms with Crippen LogP contribution in [0.25, 0.3) is 12.2 Å². The number of hydrogen-bond donors (Lipinski definition) is 0. The molecule has 0 saturated carbocycles. The third-order valence-electron chi connectivity index (χ3n) is 2.47. The van der Waals surface area contributed by atoms with Crippen molar-refractivity contribution in [2.24, 2.45) is 0 Å². The summed E-state index contributed by atoms with van der Waals surface area (Å²) in [4.78, 5) is 0. The molecule has 0 aliphatic rings. The molecule has 0 fully saturated rings. The lowest BCUT2D eigenvalue weighted by atomic mass is 10.1. The Bertz CT molecular complexity index is 539. The lowest BCUT2D eigenvalue weighted by Gasteiger charge is -1.99. The maximum atomic E-state index is 13.0. The van der Waals surface area contributed by atoms with Gasteiger partial charge in [0, 0.05) is 6.07 Å². The highest BCUT2D eigenvalue weighted by atomic mass is 19.1. The van der Waals surface area contributed by atoms with Gasteiger partial charge in [0.2, 0.25) is 0 Å². The van der Waals surface area contributed by atoms with Crippen molar-refractivity contribution in [1.82, 2.24) is 0 Å². The van der Waals surface area contributed by atoms with Gasteiger partial charge in [-0.15, -0.1) is 0 Å². The minimum absolute atomic E-state index is 0.489. The lowest BCUT2D eigenvalue weighted by molar-refractivity contribution is 0.415. The molecule has 1 nitrogen and oxygen atoms in total. The summed E-state index contributed by atoms with van der Waals surface area (Å²) in [5.74, 6) is -0.391. The molecule has 3 heteroatoms. The highest BCUT2D eigenvalue weighted by Crippen LogP contribution is 2.15. The van der Waals surface area contributed by atoms with E-state index in [2.05, 4.69) is 0 Å². The Balaban J connectivity index is 2.18. The van der Waals surface area contributed by atoms with E-state index in [1.54, 1.807) is 19.3 Å². The molecule has 2 aromatic rings. The van der Waals surface area contributed by atoms with E-state index in [0.29, 0.717) is 5.56 Å². The third kappa shape index (κ3) is 3.17. The summed E-state index contributed by atoms with van der Waals surface area (Å²) >= 11 is 0. The van der Waals surface area contributed by atoms with Crippen LogP contribution in [0.1, 0.15) is 11.1 Å². The van der Waals surface area contributed by atoms with E-state index in [-0.39, 0.29) is 0 Å². The summed E-state index contributed by atoms with van der Waals surface area (Å²) in [5.41, 5.74) is 1.42. The van der Waals surface area contributed by atoms with Crippen molar-refractivity contribution in [3.05, 3.63) is 65.2 Å². The van der Waals surface area contributed by atoms with Gasteiger partial charge >= 0.3 is 0 Å². The summed E-state index contributed by atoms with van der Waals surface area (Å²) in [6.07, 6.45) is 3.45. The highest BCUT2D eigenvalue weighted by molar-refractivity contribution is 5.69. The van der Waals surface area contributed by atoms with Crippen LogP contribution in [-0.2, 0) is 0 Å². The molecule has 0 heterocycles. The standard InChI is InChI=1S/C15H12F2O/c1-18-15-6-4-11(5-7-15)2-3-12-8-13(16)10-14(17)9-12/h2-10H,1H3/b3-2-. The van der Waals surface area contributed by atoms with Crippen LogP contribution in [0.5, 0.6) is 5.75 Å². The fraction of sp³-hybridized carbons (Fsp3) is 0.0667. The molecule has 0 saturated heterocycles. The summed E-state index contributed by atoms with van der Waals surface area (Å²) in [6, 6.07) is 10.8. The monoisotopic (exact) mass is 246 g/mol. The molecule has 0 aromatic heterocycles. The van der Waals surface area contributed by atoms with Crippen molar-refractivity contribution < 1.29 is 13.5 Å². The van der Waals surface area contributed by atoms with Crippen LogP contribution in [-0.4, -0.2) is 7.11 Å². The van der Waals surface area contributed by atoms with E-state index in [0.717, 1.165) is 17.4 Å². The van der Waals surface area contributed by atoms with Crippen LogP contribution in [0.3, 0.4) is 0 Å². The second kappa shape index (κ2) is 5.45. The Kier molecular flexibility index (Phi) is 3.72. The number of halogens is 2. The smallest absolute Gasteiger partial charge is 0.126 e. The van der Waals surface area contributed by atoms with E-state index < -0.39 is 11.6 Å². The number of ether oxygens (including phenoxy) is 1. The van der Waals surface area contributed by atoms with E-state index >= 15 is 0 Å². The molecule has 0 bridgehead atoms. The molecule has 0 N–H and O–H groups in total. The second-order valence-electron chi connectivity index (χ2n) is 3.81. The Labute approximate surface area is 104 Å². The molecule has 2 rings (SSSR count). The fourth-order valence-corrected chi connectivity index (χ4v) is 1.58. The van der Waals surface area contributed by atoms with Crippen LogP contribution in [0.15, 0.2) is 42.5 Å². The van der Waals surface area contributed by atoms with Gasteiger partial charge in [-0.05, 0) is 35.4 Å². The Morgan fingerprint density at radius 2 is 1.39 bits per heavy atom. The zero-order valence-corrected chi connectivity index (χ0v) is 9.86. The van der Waals surface area contributed by atoms with Gasteiger partial charge in [-0.1, -0.05) is 24.3 Å². The first-order valence-corrected chi connectivity index (χ1v) is 5.45. The van der Waals surface area contributed by atoms with E-state index in [9.17, 15) is 8.78 Å². The maximum absolute atomic E-state index is 13.0. The first-order chi connectivity index (χ1) is 8.67. The molecule has 2 aromatic carbocycles. The summed E-state index contributed by atoms with van der Waals surface area (Å²) in [5, 5.41) is 0. The zero-order chi connectivity index (χ0) is 13.0. The first kappa shape index (κ1) is 12.3. The van der Waals surface area contributed by atoms with Gasteiger partial charge in [0.1, 0.15) is 17.4 Å². The highest BCUT2D eigenvalue weighted by Gasteiger charge is 1.97. The van der Waals surface area contributed by atoms with E-state index in [4.69, 9.17) is 4.74 Å². The quantitative estimate of drug-likeness (QED) is 0.739. The SMILES string of the molecule is COc1ccc(/C=C\c2cc(F)cc(F)c2)cc1. The van der Waals surface area contributed by atoms with Crippen molar-refractivity contribution in [2.75, 3.05) is 7.11 Å². The van der Waals surface area contributed by atoms with E-state index in [1.165, 1.54) is 12.1 Å². The number of hydrogen-bond acceptors (Lipinski definition) is 1. The Hall–Kier alpha value is -2.16. The Morgan fingerprint density at radius 3 is 1.94 bits per heavy atom. The van der Waals surface area contributed by atoms with Crippen LogP contribution in [0.2, 0.25) is 0 Å². The number of methoxy groups -OCH3 is 1. The van der Waals surface area contributed by atoms with Crippen molar-refractivity contribution in [1.29, 1.82) is 0 Å². The fourth-order valence-electron chi connectivity index (χ4n) is 1.58. The average Bonchev–Trinajstić information content (AvgIpc) is 2.36. The molecule has 0 radical (unpaired) electrons. The molecule has 0 aliphatic carbocycles. The van der Waals surface area contributed by atoms with Crippen molar-refractivity contribution in [3.63, 3.8) is 0 Å². The second-order valence-corrected chi connectivity index (χ2v) is 3.81. The van der Waals surface area contributed by atoms with Crippen LogP contribution >= 0.6 is 0 Å². The van der Waals surface area contributed by atoms with Crippen molar-refractivity contribution in [2.45, 2.75) is 0 Å². The third-order valence-corrected chi connectivity index (χ3v) is 2.47. The van der Waals surface area contributed by atoms with Gasteiger partial charge < -0.3 is 4.74 Å².